The zero-order chi connectivity index (χ0) is 11.8. The molecule has 0 N–H and O–H groups in total. The van der Waals surface area contributed by atoms with Crippen LogP contribution in [0.5, 0.6) is 0 Å². The van der Waals surface area contributed by atoms with Crippen molar-refractivity contribution in [2.75, 3.05) is 0 Å². The second-order valence-electron chi connectivity index (χ2n) is 4.60. The van der Waals surface area contributed by atoms with Crippen molar-refractivity contribution < 1.29 is 4.79 Å². The molecule has 88 valence electrons. The lowest BCUT2D eigenvalue weighted by Crippen LogP contribution is -2.34. The highest BCUT2D eigenvalue weighted by Crippen LogP contribution is 2.31. The molecule has 17 heavy (non-hydrogen) atoms. The smallest absolute Gasteiger partial charge is 0.191 e. The van der Waals surface area contributed by atoms with Gasteiger partial charge in [0.1, 0.15) is 0 Å². The molecule has 1 aliphatic carbocycles. The van der Waals surface area contributed by atoms with Crippen LogP contribution in [0.1, 0.15) is 32.1 Å². The van der Waals surface area contributed by atoms with Crippen LogP contribution in [0.25, 0.3) is 0 Å². The lowest BCUT2D eigenvalue weighted by atomic mass is 9.92. The van der Waals surface area contributed by atoms with Gasteiger partial charge in [0.15, 0.2) is 11.8 Å². The molecule has 0 aromatic carbocycles. The highest BCUT2D eigenvalue weighted by atomic mass is 79.9. The Kier molecular flexibility index (Phi) is 2.82. The first kappa shape index (κ1) is 11.1. The number of hydrogen-bond acceptors (Lipinski definition) is 3. The van der Waals surface area contributed by atoms with Gasteiger partial charge >= 0.3 is 0 Å². The van der Waals surface area contributed by atoms with E-state index in [4.69, 9.17) is 0 Å². The van der Waals surface area contributed by atoms with Crippen LogP contribution in [0.2, 0.25) is 0 Å². The van der Waals surface area contributed by atoms with Crippen LogP contribution >= 0.6 is 15.9 Å². The van der Waals surface area contributed by atoms with Crippen LogP contribution in [0, 0.1) is 0 Å². The number of carbonyl (C=O) groups excluding carboxylic acids is 1. The Morgan fingerprint density at radius 2 is 2.06 bits per heavy atom. The summed E-state index contributed by atoms with van der Waals surface area (Å²) >= 11 is 3.38. The minimum absolute atomic E-state index is 0.166. The van der Waals surface area contributed by atoms with E-state index in [9.17, 15) is 4.79 Å². The van der Waals surface area contributed by atoms with E-state index in [1.807, 2.05) is 6.08 Å². The zero-order valence-corrected chi connectivity index (χ0v) is 11.0. The van der Waals surface area contributed by atoms with Gasteiger partial charge in [-0.15, -0.1) is 0 Å². The summed E-state index contributed by atoms with van der Waals surface area (Å²) in [5.74, 6) is 0.166. The standard InChI is InChI=1S/C13H13BrN2O/c14-8-6-11-12(15-7-8)13(17)9-4-2-1-3-5-10(9)16-11/h6-7,12H,1-5H2/t12-/m1/s1. The number of halogens is 1. The normalized spacial score (nSPS) is 28.1. The van der Waals surface area contributed by atoms with Gasteiger partial charge in [0, 0.05) is 22.0 Å². The molecule has 0 amide bonds. The Labute approximate surface area is 109 Å². The van der Waals surface area contributed by atoms with Crippen LogP contribution < -0.4 is 0 Å². The number of allylic oxidation sites excluding steroid dienone is 2. The molecule has 0 saturated heterocycles. The minimum atomic E-state index is -0.381. The number of Topliss-reactive ketones (excluding diaryl/α,β-unsaturated/α-hetero) is 1. The molecule has 3 aliphatic rings. The van der Waals surface area contributed by atoms with E-state index in [1.165, 1.54) is 6.42 Å². The number of hydrogen-bond donors (Lipinski definition) is 0. The third-order valence-electron chi connectivity index (χ3n) is 3.41. The monoisotopic (exact) mass is 292 g/mol. The molecule has 2 aliphatic heterocycles. The van der Waals surface area contributed by atoms with E-state index in [2.05, 4.69) is 25.9 Å². The number of ketones is 1. The first-order chi connectivity index (χ1) is 8.25. The lowest BCUT2D eigenvalue weighted by Gasteiger charge is -2.23. The van der Waals surface area contributed by atoms with Gasteiger partial charge in [0.2, 0.25) is 0 Å². The molecule has 0 radical (unpaired) electrons. The van der Waals surface area contributed by atoms with Crippen LogP contribution in [0.15, 0.2) is 31.8 Å². The molecule has 2 heterocycles. The van der Waals surface area contributed by atoms with Crippen LogP contribution in [0.3, 0.4) is 0 Å². The van der Waals surface area contributed by atoms with Gasteiger partial charge in [-0.05, 0) is 47.7 Å². The molecule has 1 atom stereocenters. The Hall–Kier alpha value is -1.03. The number of fused-ring (bicyclic) bond motifs is 1. The average Bonchev–Trinajstić information content (AvgIpc) is 2.54. The Balaban J connectivity index is 2.05. The van der Waals surface area contributed by atoms with E-state index in [1.54, 1.807) is 6.21 Å². The topological polar surface area (TPSA) is 41.8 Å². The van der Waals surface area contributed by atoms with Gasteiger partial charge in [0.25, 0.3) is 0 Å². The number of nitrogens with zero attached hydrogens (tertiary/aromatic N) is 2. The van der Waals surface area contributed by atoms with E-state index >= 15 is 0 Å². The molecule has 0 aromatic heterocycles. The molecule has 4 heteroatoms. The first-order valence-corrected chi connectivity index (χ1v) is 6.80. The van der Waals surface area contributed by atoms with Gasteiger partial charge in [-0.25, -0.2) is 0 Å². The van der Waals surface area contributed by atoms with Crippen molar-refractivity contribution in [2.45, 2.75) is 38.1 Å². The van der Waals surface area contributed by atoms with Gasteiger partial charge in [-0.3, -0.25) is 14.8 Å². The summed E-state index contributed by atoms with van der Waals surface area (Å²) in [6, 6.07) is -0.381. The molecule has 0 bridgehead atoms. The Morgan fingerprint density at radius 1 is 1.24 bits per heavy atom. The predicted molar refractivity (Wildman–Crippen MR) is 71.8 cm³/mol. The molecular weight excluding hydrogens is 280 g/mol. The van der Waals surface area contributed by atoms with Crippen molar-refractivity contribution in [3.8, 4) is 0 Å². The van der Waals surface area contributed by atoms with Gasteiger partial charge in [-0.1, -0.05) is 6.42 Å². The van der Waals surface area contributed by atoms with Crippen LogP contribution in [0.4, 0.5) is 0 Å². The average molecular weight is 293 g/mol. The first-order valence-electron chi connectivity index (χ1n) is 6.01. The van der Waals surface area contributed by atoms with Crippen molar-refractivity contribution >= 4 is 33.6 Å². The maximum absolute atomic E-state index is 12.4. The molecule has 0 unspecified atom stereocenters. The molecular formula is C13H13BrN2O. The van der Waals surface area contributed by atoms with E-state index in [0.29, 0.717) is 0 Å². The summed E-state index contributed by atoms with van der Waals surface area (Å²) in [6.45, 7) is 0. The summed E-state index contributed by atoms with van der Waals surface area (Å²) in [4.78, 5) is 21.3. The van der Waals surface area contributed by atoms with Gasteiger partial charge in [-0.2, -0.15) is 0 Å². The largest absolute Gasteiger partial charge is 0.292 e. The zero-order valence-electron chi connectivity index (χ0n) is 9.45. The fourth-order valence-electron chi connectivity index (χ4n) is 2.55. The number of carbonyl (C=O) groups is 1. The fraction of sp³-hybridized carbons (Fsp3) is 0.462. The summed E-state index contributed by atoms with van der Waals surface area (Å²) in [6.07, 6.45) is 8.86. The molecule has 0 aromatic rings. The van der Waals surface area contributed by atoms with Crippen molar-refractivity contribution in [1.29, 1.82) is 0 Å². The molecule has 3 nitrogen and oxygen atoms in total. The van der Waals surface area contributed by atoms with Crippen molar-refractivity contribution in [3.63, 3.8) is 0 Å². The molecule has 0 fully saturated rings. The van der Waals surface area contributed by atoms with Crippen molar-refractivity contribution in [3.05, 3.63) is 21.8 Å². The van der Waals surface area contributed by atoms with Crippen LogP contribution in [-0.4, -0.2) is 23.8 Å². The second kappa shape index (κ2) is 4.33. The maximum atomic E-state index is 12.4. The molecule has 0 spiro atoms. The maximum Gasteiger partial charge on any atom is 0.191 e. The minimum Gasteiger partial charge on any atom is -0.292 e. The summed E-state index contributed by atoms with van der Waals surface area (Å²) < 4.78 is 0.887. The highest BCUT2D eigenvalue weighted by Gasteiger charge is 2.33. The quantitative estimate of drug-likeness (QED) is 0.677. The predicted octanol–water partition coefficient (Wildman–Crippen LogP) is 2.96. The Bertz CT molecular complexity index is 500. The van der Waals surface area contributed by atoms with Gasteiger partial charge < -0.3 is 0 Å². The number of dihydropyridines is 1. The van der Waals surface area contributed by atoms with Crippen LogP contribution in [-0.2, 0) is 4.79 Å². The summed E-state index contributed by atoms with van der Waals surface area (Å²) in [5.41, 5.74) is 2.73. The Morgan fingerprint density at radius 3 is 2.94 bits per heavy atom. The van der Waals surface area contributed by atoms with E-state index < -0.39 is 0 Å². The van der Waals surface area contributed by atoms with Crippen molar-refractivity contribution in [1.82, 2.24) is 0 Å². The van der Waals surface area contributed by atoms with Gasteiger partial charge in [0.05, 0.1) is 5.71 Å². The van der Waals surface area contributed by atoms with E-state index in [0.717, 1.165) is 47.1 Å². The summed E-state index contributed by atoms with van der Waals surface area (Å²) in [5, 5.41) is 0. The number of aliphatic imine (C=N–C) groups is 2. The highest BCUT2D eigenvalue weighted by molar-refractivity contribution is 9.12. The molecule has 3 rings (SSSR count). The van der Waals surface area contributed by atoms with E-state index in [-0.39, 0.29) is 11.8 Å². The number of rotatable bonds is 0. The third kappa shape index (κ3) is 1.95. The molecule has 0 saturated carbocycles. The fourth-order valence-corrected chi connectivity index (χ4v) is 2.90. The SMILES string of the molecule is O=C1C2=C(CCCCC2)N=C2C=C(Br)C=N[C@@H]12. The summed E-state index contributed by atoms with van der Waals surface area (Å²) in [7, 11) is 0. The van der Waals surface area contributed by atoms with Crippen molar-refractivity contribution in [2.24, 2.45) is 9.98 Å². The second-order valence-corrected chi connectivity index (χ2v) is 5.51. The lowest BCUT2D eigenvalue weighted by molar-refractivity contribution is -0.115. The third-order valence-corrected chi connectivity index (χ3v) is 3.85.